The van der Waals surface area contributed by atoms with E-state index in [9.17, 15) is 0 Å². The van der Waals surface area contributed by atoms with Crippen molar-refractivity contribution in [2.75, 3.05) is 13.7 Å². The molecule has 0 unspecified atom stereocenters. The van der Waals surface area contributed by atoms with Gasteiger partial charge in [0, 0.05) is 20.6 Å². The zero-order valence-electron chi connectivity index (χ0n) is 5.06. The first-order chi connectivity index (χ1) is 3.33. The van der Waals surface area contributed by atoms with E-state index in [1.54, 1.807) is 13.2 Å². The van der Waals surface area contributed by atoms with E-state index in [1.807, 2.05) is 6.92 Å². The molecule has 0 bridgehead atoms. The molecule has 0 saturated heterocycles. The highest BCUT2D eigenvalue weighted by molar-refractivity contribution is 4.51. The fourth-order valence-electron chi connectivity index (χ4n) is 0. The van der Waals surface area contributed by atoms with Crippen molar-refractivity contribution in [1.29, 1.82) is 5.26 Å². The Hall–Kier alpha value is -0.550. The molecular formula is C5H11NO. The van der Waals surface area contributed by atoms with Crippen LogP contribution < -0.4 is 0 Å². The van der Waals surface area contributed by atoms with Gasteiger partial charge in [0.15, 0.2) is 0 Å². The lowest BCUT2D eigenvalue weighted by atomic mass is 10.9. The summed E-state index contributed by atoms with van der Waals surface area (Å²) in [5.41, 5.74) is 0. The highest BCUT2D eigenvalue weighted by atomic mass is 16.5. The summed E-state index contributed by atoms with van der Waals surface area (Å²) in [5, 5.41) is 7.32. The average molecular weight is 101 g/mol. The number of hydrogen-bond donors (Lipinski definition) is 0. The molecule has 42 valence electrons. The quantitative estimate of drug-likeness (QED) is 0.497. The van der Waals surface area contributed by atoms with E-state index in [0.29, 0.717) is 0 Å². The van der Waals surface area contributed by atoms with Crippen molar-refractivity contribution in [2.24, 2.45) is 0 Å². The molecule has 0 radical (unpaired) electrons. The second kappa shape index (κ2) is 18.0. The van der Waals surface area contributed by atoms with Gasteiger partial charge in [-0.15, -0.1) is 0 Å². The standard InChI is InChI=1S/C3H8O.C2H3N/c1-3-4-2;1-2-3/h3H2,1-2H3;1H3. The summed E-state index contributed by atoms with van der Waals surface area (Å²) in [4.78, 5) is 0. The van der Waals surface area contributed by atoms with E-state index in [0.717, 1.165) is 6.61 Å². The van der Waals surface area contributed by atoms with E-state index in [-0.39, 0.29) is 0 Å². The van der Waals surface area contributed by atoms with Gasteiger partial charge in [-0.1, -0.05) is 0 Å². The van der Waals surface area contributed by atoms with Gasteiger partial charge >= 0.3 is 0 Å². The van der Waals surface area contributed by atoms with E-state index in [1.165, 1.54) is 6.92 Å². The zero-order valence-corrected chi connectivity index (χ0v) is 5.06. The van der Waals surface area contributed by atoms with Crippen LogP contribution in [0.5, 0.6) is 0 Å². The minimum Gasteiger partial charge on any atom is -0.385 e. The summed E-state index contributed by atoms with van der Waals surface area (Å²) in [6.07, 6.45) is 0. The van der Waals surface area contributed by atoms with Gasteiger partial charge in [-0.25, -0.2) is 0 Å². The Balaban J connectivity index is 0. The molecular weight excluding hydrogens is 90.1 g/mol. The van der Waals surface area contributed by atoms with Crippen LogP contribution in [0.1, 0.15) is 13.8 Å². The first-order valence-corrected chi connectivity index (χ1v) is 2.13. The molecule has 0 amide bonds. The lowest BCUT2D eigenvalue weighted by Gasteiger charge is -1.76. The Kier molecular flexibility index (Phi) is 24.8. The van der Waals surface area contributed by atoms with Crippen LogP contribution in [0.25, 0.3) is 0 Å². The van der Waals surface area contributed by atoms with Crippen LogP contribution in [0.4, 0.5) is 0 Å². The molecule has 0 spiro atoms. The van der Waals surface area contributed by atoms with Gasteiger partial charge in [0.05, 0.1) is 6.07 Å². The molecule has 7 heavy (non-hydrogen) atoms. The molecule has 0 N–H and O–H groups in total. The fourth-order valence-corrected chi connectivity index (χ4v) is 0. The molecule has 0 fully saturated rings. The van der Waals surface area contributed by atoms with E-state index in [2.05, 4.69) is 4.74 Å². The summed E-state index contributed by atoms with van der Waals surface area (Å²) in [5.74, 6) is 0. The molecule has 0 aliphatic heterocycles. The second-order valence-electron chi connectivity index (χ2n) is 0.801. The summed E-state index contributed by atoms with van der Waals surface area (Å²) in [6.45, 7) is 4.21. The Labute approximate surface area is 44.7 Å². The maximum atomic E-state index is 7.32. The van der Waals surface area contributed by atoms with Crippen molar-refractivity contribution in [3.8, 4) is 6.07 Å². The Morgan fingerprint density at radius 2 is 1.86 bits per heavy atom. The Morgan fingerprint density at radius 3 is 1.86 bits per heavy atom. The highest BCUT2D eigenvalue weighted by Crippen LogP contribution is 1.52. The smallest absolute Gasteiger partial charge is 0.0587 e. The van der Waals surface area contributed by atoms with Crippen LogP contribution in [0.3, 0.4) is 0 Å². The average Bonchev–Trinajstić information content (AvgIpc) is 1.69. The summed E-state index contributed by atoms with van der Waals surface area (Å²) >= 11 is 0. The molecule has 0 rings (SSSR count). The fraction of sp³-hybridized carbons (Fsp3) is 0.800. The van der Waals surface area contributed by atoms with Crippen molar-refractivity contribution >= 4 is 0 Å². The zero-order chi connectivity index (χ0) is 6.12. The molecule has 0 aromatic heterocycles. The summed E-state index contributed by atoms with van der Waals surface area (Å²) in [7, 11) is 1.68. The molecule has 2 nitrogen and oxygen atoms in total. The van der Waals surface area contributed by atoms with Crippen LogP contribution in [-0.4, -0.2) is 13.7 Å². The van der Waals surface area contributed by atoms with Crippen molar-refractivity contribution in [3.63, 3.8) is 0 Å². The van der Waals surface area contributed by atoms with Crippen molar-refractivity contribution < 1.29 is 4.74 Å². The van der Waals surface area contributed by atoms with Crippen LogP contribution in [0.15, 0.2) is 0 Å². The third-order valence-corrected chi connectivity index (χ3v) is 0.289. The van der Waals surface area contributed by atoms with Crippen molar-refractivity contribution in [1.82, 2.24) is 0 Å². The second-order valence-corrected chi connectivity index (χ2v) is 0.801. The molecule has 0 atom stereocenters. The molecule has 2 heteroatoms. The largest absolute Gasteiger partial charge is 0.385 e. The van der Waals surface area contributed by atoms with E-state index in [4.69, 9.17) is 5.26 Å². The Morgan fingerprint density at radius 1 is 1.71 bits per heavy atom. The lowest BCUT2D eigenvalue weighted by Crippen LogP contribution is -1.73. The van der Waals surface area contributed by atoms with Gasteiger partial charge in [-0.05, 0) is 6.92 Å². The van der Waals surface area contributed by atoms with Crippen LogP contribution in [0, 0.1) is 11.3 Å². The maximum Gasteiger partial charge on any atom is 0.0587 e. The molecule has 0 aliphatic rings. The van der Waals surface area contributed by atoms with Crippen LogP contribution in [-0.2, 0) is 4.74 Å². The third-order valence-electron chi connectivity index (χ3n) is 0.289. The number of ether oxygens (including phenoxy) is 1. The van der Waals surface area contributed by atoms with E-state index >= 15 is 0 Å². The first kappa shape index (κ1) is 9.67. The van der Waals surface area contributed by atoms with Crippen molar-refractivity contribution in [3.05, 3.63) is 0 Å². The maximum absolute atomic E-state index is 7.32. The number of hydrogen-bond acceptors (Lipinski definition) is 2. The molecule has 0 aromatic rings. The molecule has 0 saturated carbocycles. The highest BCUT2D eigenvalue weighted by Gasteiger charge is 1.51. The van der Waals surface area contributed by atoms with Gasteiger partial charge in [0.2, 0.25) is 0 Å². The Bertz CT molecular complexity index is 44.5. The van der Waals surface area contributed by atoms with Crippen molar-refractivity contribution in [2.45, 2.75) is 13.8 Å². The topological polar surface area (TPSA) is 33.0 Å². The minimum absolute atomic E-state index is 0.819. The van der Waals surface area contributed by atoms with Gasteiger partial charge in [-0.2, -0.15) is 5.26 Å². The third kappa shape index (κ3) is 320. The van der Waals surface area contributed by atoms with Crippen LogP contribution >= 0.6 is 0 Å². The number of nitrogens with zero attached hydrogens (tertiary/aromatic N) is 1. The molecule has 0 heterocycles. The normalized spacial score (nSPS) is 5.43. The van der Waals surface area contributed by atoms with E-state index < -0.39 is 0 Å². The summed E-state index contributed by atoms with van der Waals surface area (Å²) < 4.78 is 4.54. The monoisotopic (exact) mass is 101 g/mol. The molecule has 0 aromatic carbocycles. The number of rotatable bonds is 1. The molecule has 0 aliphatic carbocycles. The van der Waals surface area contributed by atoms with Gasteiger partial charge < -0.3 is 4.74 Å². The minimum atomic E-state index is 0.819. The van der Waals surface area contributed by atoms with Gasteiger partial charge in [-0.3, -0.25) is 0 Å². The lowest BCUT2D eigenvalue weighted by molar-refractivity contribution is 0.215. The summed E-state index contributed by atoms with van der Waals surface area (Å²) in [6, 6.07) is 1.75. The predicted molar refractivity (Wildman–Crippen MR) is 28.8 cm³/mol. The van der Waals surface area contributed by atoms with Gasteiger partial charge in [0.25, 0.3) is 0 Å². The number of methoxy groups -OCH3 is 1. The van der Waals surface area contributed by atoms with Crippen LogP contribution in [0.2, 0.25) is 0 Å². The predicted octanol–water partition coefficient (Wildman–Crippen LogP) is 1.18. The van der Waals surface area contributed by atoms with Gasteiger partial charge in [0.1, 0.15) is 0 Å². The number of nitriles is 1. The first-order valence-electron chi connectivity index (χ1n) is 2.13. The SMILES string of the molecule is CC#N.CCOC.